The quantitative estimate of drug-likeness (QED) is 0.554. The molecule has 0 N–H and O–H groups in total. The van der Waals surface area contributed by atoms with Crippen LogP contribution in [-0.4, -0.2) is 23.9 Å². The van der Waals surface area contributed by atoms with Crippen molar-refractivity contribution in [1.29, 1.82) is 0 Å². The summed E-state index contributed by atoms with van der Waals surface area (Å²) in [7, 11) is 0. The molecule has 4 rings (SSSR count). The minimum atomic E-state index is -0.310. The third kappa shape index (κ3) is 4.22. The van der Waals surface area contributed by atoms with Gasteiger partial charge in [0, 0.05) is 28.4 Å². The van der Waals surface area contributed by atoms with E-state index in [1.165, 1.54) is 6.07 Å². The van der Waals surface area contributed by atoms with Gasteiger partial charge in [0.05, 0.1) is 18.8 Å². The molecule has 0 atom stereocenters. The van der Waals surface area contributed by atoms with E-state index in [1.54, 1.807) is 39.7 Å². The van der Waals surface area contributed by atoms with Crippen LogP contribution in [0, 0.1) is 5.82 Å². The summed E-state index contributed by atoms with van der Waals surface area (Å²) in [5, 5.41) is 4.02. The lowest BCUT2D eigenvalue weighted by Crippen LogP contribution is -2.29. The monoisotopic (exact) mass is 400 g/mol. The number of thiophene rings is 2. The van der Waals surface area contributed by atoms with E-state index in [0.29, 0.717) is 24.3 Å². The fourth-order valence-corrected chi connectivity index (χ4v) is 4.86. The number of amides is 1. The minimum Gasteiger partial charge on any atom is -0.369 e. The van der Waals surface area contributed by atoms with Gasteiger partial charge in [-0.1, -0.05) is 12.1 Å². The number of carbonyl (C=O) groups excluding carboxylic acids is 1. The van der Waals surface area contributed by atoms with Crippen LogP contribution in [0.5, 0.6) is 0 Å². The molecule has 0 unspecified atom stereocenters. The van der Waals surface area contributed by atoms with Crippen LogP contribution in [0.1, 0.15) is 33.0 Å². The maximum atomic E-state index is 14.7. The first-order chi connectivity index (χ1) is 13.2. The summed E-state index contributed by atoms with van der Waals surface area (Å²) in [5.41, 5.74) is 1.01. The molecule has 140 valence electrons. The number of hydrogen-bond acceptors (Lipinski definition) is 4. The summed E-state index contributed by atoms with van der Waals surface area (Å²) >= 11 is 3.26. The van der Waals surface area contributed by atoms with Crippen LogP contribution in [0.15, 0.2) is 53.2 Å². The van der Waals surface area contributed by atoms with E-state index in [2.05, 4.69) is 4.90 Å². The Morgan fingerprint density at radius 1 is 1.00 bits per heavy atom. The third-order valence-corrected chi connectivity index (χ3v) is 6.50. The number of benzene rings is 1. The Morgan fingerprint density at radius 2 is 1.63 bits per heavy atom. The Morgan fingerprint density at radius 3 is 2.15 bits per heavy atom. The van der Waals surface area contributed by atoms with E-state index in [9.17, 15) is 9.18 Å². The lowest BCUT2D eigenvalue weighted by atomic mass is 10.1. The third-order valence-electron chi connectivity index (χ3n) is 4.78. The first-order valence-electron chi connectivity index (χ1n) is 9.09. The normalized spacial score (nSPS) is 13.9. The van der Waals surface area contributed by atoms with Crippen molar-refractivity contribution in [3.8, 4) is 0 Å². The summed E-state index contributed by atoms with van der Waals surface area (Å²) in [5.74, 6) is -0.446. The first-order valence-corrected chi connectivity index (χ1v) is 10.9. The second-order valence-electron chi connectivity index (χ2n) is 6.68. The van der Waals surface area contributed by atoms with Crippen molar-refractivity contribution in [2.75, 3.05) is 18.0 Å². The van der Waals surface area contributed by atoms with Gasteiger partial charge in [-0.25, -0.2) is 4.39 Å². The van der Waals surface area contributed by atoms with Crippen LogP contribution < -0.4 is 4.90 Å². The summed E-state index contributed by atoms with van der Waals surface area (Å²) in [6.07, 6.45) is 2.19. The average Bonchev–Trinajstić information content (AvgIpc) is 3.43. The van der Waals surface area contributed by atoms with Gasteiger partial charge in [-0.3, -0.25) is 4.79 Å². The SMILES string of the molecule is O=C(c1ccc(N2CCCC2)c(F)c1)N(Cc1cccs1)Cc1cccs1. The van der Waals surface area contributed by atoms with Gasteiger partial charge in [0.15, 0.2) is 0 Å². The van der Waals surface area contributed by atoms with Crippen LogP contribution in [0.25, 0.3) is 0 Å². The van der Waals surface area contributed by atoms with Crippen molar-refractivity contribution in [1.82, 2.24) is 4.90 Å². The molecule has 3 nitrogen and oxygen atoms in total. The Hall–Kier alpha value is -2.18. The summed E-state index contributed by atoms with van der Waals surface area (Å²) in [6.45, 7) is 2.83. The van der Waals surface area contributed by atoms with Crippen LogP contribution >= 0.6 is 22.7 Å². The molecule has 0 aliphatic carbocycles. The lowest BCUT2D eigenvalue weighted by molar-refractivity contribution is 0.0733. The maximum Gasteiger partial charge on any atom is 0.254 e. The number of nitrogens with zero attached hydrogens (tertiary/aromatic N) is 2. The molecule has 2 aromatic heterocycles. The Balaban J connectivity index is 1.57. The molecule has 1 fully saturated rings. The van der Waals surface area contributed by atoms with Crippen LogP contribution in [0.2, 0.25) is 0 Å². The molecule has 27 heavy (non-hydrogen) atoms. The zero-order valence-corrected chi connectivity index (χ0v) is 16.6. The van der Waals surface area contributed by atoms with Crippen molar-refractivity contribution < 1.29 is 9.18 Å². The summed E-state index contributed by atoms with van der Waals surface area (Å²) in [4.78, 5) is 19.2. The Labute approximate surface area is 166 Å². The largest absolute Gasteiger partial charge is 0.369 e. The highest BCUT2D eigenvalue weighted by molar-refractivity contribution is 7.10. The van der Waals surface area contributed by atoms with Crippen molar-refractivity contribution in [2.24, 2.45) is 0 Å². The molecular weight excluding hydrogens is 379 g/mol. The molecule has 1 aliphatic rings. The number of carbonyl (C=O) groups is 1. The predicted octanol–water partition coefficient (Wildman–Crippen LogP) is 5.39. The highest BCUT2D eigenvalue weighted by Crippen LogP contribution is 2.26. The molecule has 3 heterocycles. The standard InChI is InChI=1S/C21H21FN2OS2/c22-19-13-16(7-8-20(19)23-9-1-2-10-23)21(25)24(14-17-5-3-11-26-17)15-18-6-4-12-27-18/h3-8,11-13H,1-2,9-10,14-15H2. The molecule has 6 heteroatoms. The van der Waals surface area contributed by atoms with E-state index in [0.717, 1.165) is 35.7 Å². The Kier molecular flexibility index (Phi) is 5.55. The van der Waals surface area contributed by atoms with Gasteiger partial charge in [-0.15, -0.1) is 22.7 Å². The van der Waals surface area contributed by atoms with Gasteiger partial charge in [0.1, 0.15) is 5.82 Å². The number of hydrogen-bond donors (Lipinski definition) is 0. The van der Waals surface area contributed by atoms with Gasteiger partial charge in [-0.05, 0) is 53.9 Å². The fraction of sp³-hybridized carbons (Fsp3) is 0.286. The van der Waals surface area contributed by atoms with Crippen molar-refractivity contribution in [2.45, 2.75) is 25.9 Å². The molecule has 1 saturated heterocycles. The van der Waals surface area contributed by atoms with Gasteiger partial charge in [0.2, 0.25) is 0 Å². The number of anilines is 1. The molecular formula is C21H21FN2OS2. The lowest BCUT2D eigenvalue weighted by Gasteiger charge is -2.23. The highest BCUT2D eigenvalue weighted by Gasteiger charge is 2.21. The van der Waals surface area contributed by atoms with Crippen LogP contribution in [0.4, 0.5) is 10.1 Å². The van der Waals surface area contributed by atoms with E-state index < -0.39 is 0 Å². The van der Waals surface area contributed by atoms with Crippen molar-refractivity contribution in [3.63, 3.8) is 0 Å². The van der Waals surface area contributed by atoms with E-state index in [1.807, 2.05) is 35.0 Å². The fourth-order valence-electron chi connectivity index (χ4n) is 3.42. The van der Waals surface area contributed by atoms with E-state index >= 15 is 0 Å². The van der Waals surface area contributed by atoms with E-state index in [4.69, 9.17) is 0 Å². The smallest absolute Gasteiger partial charge is 0.254 e. The average molecular weight is 401 g/mol. The number of rotatable bonds is 6. The van der Waals surface area contributed by atoms with Crippen LogP contribution in [0.3, 0.4) is 0 Å². The molecule has 1 aliphatic heterocycles. The Bertz CT molecular complexity index is 851. The predicted molar refractivity (Wildman–Crippen MR) is 110 cm³/mol. The molecule has 0 saturated carbocycles. The molecule has 0 bridgehead atoms. The molecule has 3 aromatic rings. The van der Waals surface area contributed by atoms with Crippen LogP contribution in [-0.2, 0) is 13.1 Å². The molecule has 0 spiro atoms. The zero-order chi connectivity index (χ0) is 18.6. The van der Waals surface area contributed by atoms with Gasteiger partial charge in [-0.2, -0.15) is 0 Å². The molecule has 0 radical (unpaired) electrons. The second-order valence-corrected chi connectivity index (χ2v) is 8.74. The minimum absolute atomic E-state index is 0.135. The highest BCUT2D eigenvalue weighted by atomic mass is 32.1. The van der Waals surface area contributed by atoms with Gasteiger partial charge in [0.25, 0.3) is 5.91 Å². The molecule has 1 aromatic carbocycles. The first kappa shape index (κ1) is 18.2. The topological polar surface area (TPSA) is 23.6 Å². The molecule has 1 amide bonds. The maximum absolute atomic E-state index is 14.7. The zero-order valence-electron chi connectivity index (χ0n) is 14.9. The van der Waals surface area contributed by atoms with E-state index in [-0.39, 0.29) is 11.7 Å². The van der Waals surface area contributed by atoms with Crippen molar-refractivity contribution in [3.05, 3.63) is 74.4 Å². The van der Waals surface area contributed by atoms with Gasteiger partial charge >= 0.3 is 0 Å². The second kappa shape index (κ2) is 8.23. The van der Waals surface area contributed by atoms with Crippen molar-refractivity contribution >= 4 is 34.3 Å². The summed E-state index contributed by atoms with van der Waals surface area (Å²) in [6, 6.07) is 12.9. The van der Waals surface area contributed by atoms with Gasteiger partial charge < -0.3 is 9.80 Å². The summed E-state index contributed by atoms with van der Waals surface area (Å²) < 4.78 is 14.7. The number of halogens is 1.